The summed E-state index contributed by atoms with van der Waals surface area (Å²) in [5.74, 6) is 1.00. The predicted molar refractivity (Wildman–Crippen MR) is 117 cm³/mol. The van der Waals surface area contributed by atoms with Gasteiger partial charge in [0.1, 0.15) is 0 Å². The van der Waals surface area contributed by atoms with E-state index in [0.29, 0.717) is 19.0 Å². The van der Waals surface area contributed by atoms with Gasteiger partial charge in [0.25, 0.3) is 0 Å². The fourth-order valence-electron chi connectivity index (χ4n) is 5.82. The number of aliphatic hydroxyl groups excluding tert-OH is 1. The van der Waals surface area contributed by atoms with Gasteiger partial charge in [-0.15, -0.1) is 0 Å². The molecule has 0 amide bonds. The highest BCUT2D eigenvalue weighted by Crippen LogP contribution is 2.55. The van der Waals surface area contributed by atoms with E-state index >= 15 is 0 Å². The topological polar surface area (TPSA) is 60.9 Å². The molecule has 1 N–H and O–H groups in total. The van der Waals surface area contributed by atoms with Crippen molar-refractivity contribution in [1.29, 1.82) is 0 Å². The number of likely N-dealkylation sites (tertiary alicyclic amines) is 1. The van der Waals surface area contributed by atoms with Crippen LogP contribution in [-0.4, -0.2) is 66.3 Å². The minimum Gasteiger partial charge on any atom is -0.395 e. The largest absolute Gasteiger partial charge is 0.395 e. The van der Waals surface area contributed by atoms with E-state index in [1.54, 1.807) is 11.2 Å². The third kappa shape index (κ3) is 3.58. The van der Waals surface area contributed by atoms with Gasteiger partial charge in [0, 0.05) is 31.6 Å². The molecule has 1 spiro atoms. The molecular weight excluding hydrogens is 384 g/mol. The lowest BCUT2D eigenvalue weighted by molar-refractivity contribution is -0.175. The lowest BCUT2D eigenvalue weighted by Crippen LogP contribution is -2.85. The number of allylic oxidation sites excluding steroid dienone is 1. The molecule has 6 heteroatoms. The first-order valence-electron chi connectivity index (χ1n) is 11.0. The van der Waals surface area contributed by atoms with E-state index in [2.05, 4.69) is 35.2 Å². The highest BCUT2D eigenvalue weighted by Gasteiger charge is 2.67. The van der Waals surface area contributed by atoms with E-state index in [1.807, 2.05) is 13.0 Å². The Morgan fingerprint density at radius 2 is 1.83 bits per heavy atom. The zero-order valence-electron chi connectivity index (χ0n) is 17.6. The van der Waals surface area contributed by atoms with E-state index in [1.165, 1.54) is 31.2 Å². The Labute approximate surface area is 175 Å². The standard InChI is InChI=1S/C23H34N2O3S/c1-3-7-18-10-12-20(13-11-18)22-21(15-26)25(14-19-8-5-6-9-19)23(22)16-24(17-23)29(27,28)4-2/h3,7,10-13,19,21-22,26H,4-6,8-9,14-17H2,1-2H3/b7-3+/t21-,22-/m1/s1. The fraction of sp³-hybridized carbons (Fsp3) is 0.652. The molecular formula is C23H34N2O3S. The summed E-state index contributed by atoms with van der Waals surface area (Å²) in [6, 6.07) is 8.64. The molecule has 29 heavy (non-hydrogen) atoms. The van der Waals surface area contributed by atoms with Gasteiger partial charge in [-0.05, 0) is 43.7 Å². The van der Waals surface area contributed by atoms with Gasteiger partial charge in [-0.3, -0.25) is 4.90 Å². The zero-order chi connectivity index (χ0) is 20.6. The van der Waals surface area contributed by atoms with Crippen LogP contribution in [-0.2, 0) is 10.0 Å². The molecule has 2 atom stereocenters. The summed E-state index contributed by atoms with van der Waals surface area (Å²) in [5.41, 5.74) is 2.21. The summed E-state index contributed by atoms with van der Waals surface area (Å²) < 4.78 is 26.5. The first-order valence-corrected chi connectivity index (χ1v) is 12.6. The number of sulfonamides is 1. The Hall–Kier alpha value is -1.21. The molecule has 0 aromatic heterocycles. The minimum atomic E-state index is -3.17. The molecule has 1 saturated carbocycles. The van der Waals surface area contributed by atoms with Crippen molar-refractivity contribution in [3.63, 3.8) is 0 Å². The van der Waals surface area contributed by atoms with Crippen LogP contribution in [0.25, 0.3) is 6.08 Å². The number of aliphatic hydroxyl groups is 1. The van der Waals surface area contributed by atoms with Crippen LogP contribution < -0.4 is 0 Å². The van der Waals surface area contributed by atoms with Crippen LogP contribution in [0.1, 0.15) is 56.6 Å². The molecule has 3 fully saturated rings. The predicted octanol–water partition coefficient (Wildman–Crippen LogP) is 3.07. The molecule has 3 aliphatic rings. The molecule has 1 aromatic carbocycles. The second kappa shape index (κ2) is 8.14. The first kappa shape index (κ1) is 21.0. The van der Waals surface area contributed by atoms with Gasteiger partial charge in [0.2, 0.25) is 10.0 Å². The van der Waals surface area contributed by atoms with Gasteiger partial charge in [-0.25, -0.2) is 8.42 Å². The van der Waals surface area contributed by atoms with E-state index in [4.69, 9.17) is 0 Å². The van der Waals surface area contributed by atoms with Gasteiger partial charge in [-0.2, -0.15) is 4.31 Å². The number of nitrogens with zero attached hydrogens (tertiary/aromatic N) is 2. The van der Waals surface area contributed by atoms with Crippen molar-refractivity contribution in [1.82, 2.24) is 9.21 Å². The van der Waals surface area contributed by atoms with E-state index in [9.17, 15) is 13.5 Å². The Bertz CT molecular complexity index is 837. The Morgan fingerprint density at radius 3 is 2.38 bits per heavy atom. The molecule has 1 aromatic rings. The molecule has 2 aliphatic heterocycles. The number of hydrogen-bond acceptors (Lipinski definition) is 4. The highest BCUT2D eigenvalue weighted by atomic mass is 32.2. The smallest absolute Gasteiger partial charge is 0.213 e. The van der Waals surface area contributed by atoms with Crippen molar-refractivity contribution in [2.24, 2.45) is 5.92 Å². The molecule has 0 radical (unpaired) electrons. The molecule has 5 nitrogen and oxygen atoms in total. The van der Waals surface area contributed by atoms with E-state index < -0.39 is 10.0 Å². The fourth-order valence-corrected chi connectivity index (χ4v) is 7.02. The van der Waals surface area contributed by atoms with Crippen LogP contribution in [0.3, 0.4) is 0 Å². The summed E-state index contributed by atoms with van der Waals surface area (Å²) in [4.78, 5) is 2.45. The van der Waals surface area contributed by atoms with Gasteiger partial charge < -0.3 is 5.11 Å². The van der Waals surface area contributed by atoms with Crippen LogP contribution in [0.15, 0.2) is 30.3 Å². The van der Waals surface area contributed by atoms with Gasteiger partial charge in [0.05, 0.1) is 17.9 Å². The van der Waals surface area contributed by atoms with Crippen LogP contribution in [0.5, 0.6) is 0 Å². The second-order valence-corrected chi connectivity index (χ2v) is 11.2. The molecule has 0 bridgehead atoms. The maximum Gasteiger partial charge on any atom is 0.213 e. The summed E-state index contributed by atoms with van der Waals surface area (Å²) in [6.45, 7) is 5.93. The average molecular weight is 419 g/mol. The molecule has 4 rings (SSSR count). The van der Waals surface area contributed by atoms with Crippen LogP contribution in [0.4, 0.5) is 0 Å². The molecule has 2 saturated heterocycles. The lowest BCUT2D eigenvalue weighted by Gasteiger charge is -2.70. The summed E-state index contributed by atoms with van der Waals surface area (Å²) in [7, 11) is -3.17. The third-order valence-electron chi connectivity index (χ3n) is 7.37. The number of benzene rings is 1. The van der Waals surface area contributed by atoms with Gasteiger partial charge in [0.15, 0.2) is 0 Å². The summed E-state index contributed by atoms with van der Waals surface area (Å²) >= 11 is 0. The van der Waals surface area contributed by atoms with Crippen LogP contribution in [0, 0.1) is 5.92 Å². The molecule has 160 valence electrons. The first-order chi connectivity index (χ1) is 13.9. The normalized spacial score (nSPS) is 28.1. The molecule has 0 unspecified atom stereocenters. The summed E-state index contributed by atoms with van der Waals surface area (Å²) in [5, 5.41) is 10.2. The Morgan fingerprint density at radius 1 is 1.17 bits per heavy atom. The van der Waals surface area contributed by atoms with Gasteiger partial charge >= 0.3 is 0 Å². The lowest BCUT2D eigenvalue weighted by atomic mass is 9.61. The SMILES string of the molecule is C/C=C/c1ccc([C@@H]2[C@@H](CO)N(CC3CCCC3)C23CN(S(=O)(=O)CC)C3)cc1. The van der Waals surface area contributed by atoms with Crippen LogP contribution >= 0.6 is 0 Å². The average Bonchev–Trinajstić information content (AvgIpc) is 3.18. The number of hydrogen-bond donors (Lipinski definition) is 1. The van der Waals surface area contributed by atoms with E-state index in [-0.39, 0.29) is 29.9 Å². The van der Waals surface area contributed by atoms with Crippen molar-refractivity contribution >= 4 is 16.1 Å². The monoisotopic (exact) mass is 418 g/mol. The maximum atomic E-state index is 12.4. The number of rotatable bonds is 7. The summed E-state index contributed by atoms with van der Waals surface area (Å²) in [6.07, 6.45) is 9.20. The maximum absolute atomic E-state index is 12.4. The van der Waals surface area contributed by atoms with Crippen molar-refractivity contribution in [2.45, 2.75) is 57.0 Å². The zero-order valence-corrected chi connectivity index (χ0v) is 18.4. The molecule has 1 aliphatic carbocycles. The van der Waals surface area contributed by atoms with Gasteiger partial charge in [-0.1, -0.05) is 49.3 Å². The highest BCUT2D eigenvalue weighted by molar-refractivity contribution is 7.89. The van der Waals surface area contributed by atoms with E-state index in [0.717, 1.165) is 12.1 Å². The van der Waals surface area contributed by atoms with Crippen molar-refractivity contribution in [3.05, 3.63) is 41.5 Å². The van der Waals surface area contributed by atoms with Crippen molar-refractivity contribution in [2.75, 3.05) is 32.0 Å². The third-order valence-corrected chi connectivity index (χ3v) is 9.14. The Balaban J connectivity index is 1.61. The Kier molecular flexibility index (Phi) is 5.90. The second-order valence-electron chi connectivity index (χ2n) is 8.97. The quantitative estimate of drug-likeness (QED) is 0.739. The molecule has 2 heterocycles. The van der Waals surface area contributed by atoms with Crippen molar-refractivity contribution < 1.29 is 13.5 Å². The minimum absolute atomic E-state index is 0.0784. The van der Waals surface area contributed by atoms with Crippen molar-refractivity contribution in [3.8, 4) is 0 Å². The van der Waals surface area contributed by atoms with Crippen LogP contribution in [0.2, 0.25) is 0 Å².